The first kappa shape index (κ1) is 17.4. The number of nitrogen functional groups attached to an aromatic ring is 1. The monoisotopic (exact) mass is 326 g/mol. The molecular formula is C14H10B4N4O3. The lowest BCUT2D eigenvalue weighted by Gasteiger charge is -2.35. The molecular weight excluding hydrogens is 315 g/mol. The minimum Gasteiger partial charge on any atom is -0.398 e. The number of piperidine rings is 1. The van der Waals surface area contributed by atoms with Gasteiger partial charge in [0.1, 0.15) is 27.6 Å². The number of rotatable bonds is 1. The van der Waals surface area contributed by atoms with Gasteiger partial charge < -0.3 is 5.73 Å². The number of hydrogen-bond acceptors (Lipinski definition) is 5. The number of imide groups is 1. The van der Waals surface area contributed by atoms with Crippen LogP contribution < -0.4 is 27.5 Å². The Morgan fingerprint density at radius 1 is 1.20 bits per heavy atom. The average molecular weight is 326 g/mol. The molecule has 3 atom stereocenters. The van der Waals surface area contributed by atoms with Crippen LogP contribution in [-0.4, -0.2) is 52.8 Å². The largest absolute Gasteiger partial charge is 0.398 e. The van der Waals surface area contributed by atoms with E-state index in [1.165, 1.54) is 13.0 Å². The second-order valence-electron chi connectivity index (χ2n) is 5.93. The predicted molar refractivity (Wildman–Crippen MR) is 97.1 cm³/mol. The van der Waals surface area contributed by atoms with Gasteiger partial charge in [0.2, 0.25) is 11.8 Å². The molecule has 1 aromatic heterocycles. The van der Waals surface area contributed by atoms with E-state index < -0.39 is 35.0 Å². The molecule has 0 aliphatic carbocycles. The summed E-state index contributed by atoms with van der Waals surface area (Å²) in [4.78, 5) is 41.2. The van der Waals surface area contributed by atoms with E-state index in [0.717, 1.165) is 4.57 Å². The summed E-state index contributed by atoms with van der Waals surface area (Å²) in [6, 6.07) is 0.131. The average Bonchev–Trinajstić information content (AvgIpc) is 2.53. The Morgan fingerprint density at radius 2 is 1.84 bits per heavy atom. The van der Waals surface area contributed by atoms with E-state index in [2.05, 4.69) is 10.3 Å². The van der Waals surface area contributed by atoms with Gasteiger partial charge in [-0.1, -0.05) is 10.9 Å². The third-order valence-electron chi connectivity index (χ3n) is 4.33. The summed E-state index contributed by atoms with van der Waals surface area (Å²) in [5.41, 5.74) is 5.78. The molecule has 1 fully saturated rings. The van der Waals surface area contributed by atoms with Crippen molar-refractivity contribution in [2.24, 2.45) is 0 Å². The van der Waals surface area contributed by atoms with Crippen molar-refractivity contribution in [1.29, 1.82) is 0 Å². The lowest BCUT2D eigenvalue weighted by atomic mass is 9.61. The van der Waals surface area contributed by atoms with Gasteiger partial charge in [0, 0.05) is 5.69 Å². The molecule has 1 aliphatic heterocycles. The smallest absolute Gasteiger partial charge is 0.264 e. The van der Waals surface area contributed by atoms with Gasteiger partial charge in [0.25, 0.3) is 5.56 Å². The molecule has 8 radical (unpaired) electrons. The predicted octanol–water partition coefficient (Wildman–Crippen LogP) is -3.01. The highest BCUT2D eigenvalue weighted by atomic mass is 16.2. The lowest BCUT2D eigenvalue weighted by molar-refractivity contribution is -0.135. The van der Waals surface area contributed by atoms with Crippen LogP contribution in [0.3, 0.4) is 0 Å². The number of fused-ring (bicyclic) bond motifs is 1. The molecule has 3 unspecified atom stereocenters. The minimum atomic E-state index is -1.21. The second kappa shape index (κ2) is 5.82. The summed E-state index contributed by atoms with van der Waals surface area (Å²) in [6.07, 6.45) is 0. The van der Waals surface area contributed by atoms with Gasteiger partial charge in [-0.25, -0.2) is 4.98 Å². The third-order valence-corrected chi connectivity index (χ3v) is 4.33. The van der Waals surface area contributed by atoms with Gasteiger partial charge in [-0.05, 0) is 24.6 Å². The van der Waals surface area contributed by atoms with Crippen molar-refractivity contribution in [3.8, 4) is 0 Å². The molecule has 0 spiro atoms. The maximum absolute atomic E-state index is 13.0. The standard InChI is InChI=1S/C14H10B4N4O3/c1-3-20-10-6(5(19)2-4(15)7(10)16)14(25)22(3)11-8(17)9(18)12(23)21-13(11)24/h2,8-9,11H,19H2,1H3,(H,21,23,24). The Labute approximate surface area is 148 Å². The van der Waals surface area contributed by atoms with Gasteiger partial charge >= 0.3 is 0 Å². The number of anilines is 1. The highest BCUT2D eigenvalue weighted by Gasteiger charge is 2.40. The summed E-state index contributed by atoms with van der Waals surface area (Å²) in [5.74, 6) is -3.55. The molecule has 3 rings (SSSR count). The van der Waals surface area contributed by atoms with Crippen molar-refractivity contribution in [2.45, 2.75) is 24.6 Å². The van der Waals surface area contributed by atoms with E-state index in [9.17, 15) is 14.4 Å². The van der Waals surface area contributed by atoms with Gasteiger partial charge in [-0.15, -0.1) is 0 Å². The number of carbonyl (C=O) groups is 2. The van der Waals surface area contributed by atoms with E-state index in [1.54, 1.807) is 0 Å². The van der Waals surface area contributed by atoms with E-state index in [0.29, 0.717) is 0 Å². The van der Waals surface area contributed by atoms with Gasteiger partial charge in [0.15, 0.2) is 0 Å². The van der Waals surface area contributed by atoms with Crippen molar-refractivity contribution in [3.05, 3.63) is 22.2 Å². The maximum Gasteiger partial charge on any atom is 0.264 e. The molecule has 2 heterocycles. The number of benzene rings is 1. The van der Waals surface area contributed by atoms with Crippen LogP contribution >= 0.6 is 0 Å². The van der Waals surface area contributed by atoms with Crippen LogP contribution in [-0.2, 0) is 9.59 Å². The molecule has 11 heteroatoms. The van der Waals surface area contributed by atoms with Crippen molar-refractivity contribution < 1.29 is 9.59 Å². The molecule has 2 amide bonds. The maximum atomic E-state index is 13.0. The quantitative estimate of drug-likeness (QED) is 0.330. The summed E-state index contributed by atoms with van der Waals surface area (Å²) in [7, 11) is 23.3. The van der Waals surface area contributed by atoms with Crippen LogP contribution in [0.5, 0.6) is 0 Å². The normalized spacial score (nSPS) is 23.6. The first-order valence-electron chi connectivity index (χ1n) is 7.37. The Morgan fingerprint density at radius 3 is 2.48 bits per heavy atom. The molecule has 0 saturated carbocycles. The van der Waals surface area contributed by atoms with E-state index in [-0.39, 0.29) is 33.3 Å². The van der Waals surface area contributed by atoms with Crippen molar-refractivity contribution >= 4 is 70.7 Å². The fourth-order valence-corrected chi connectivity index (χ4v) is 2.99. The summed E-state index contributed by atoms with van der Waals surface area (Å²) >= 11 is 0. The molecule has 1 aliphatic rings. The molecule has 116 valence electrons. The van der Waals surface area contributed by atoms with Crippen LogP contribution in [0.4, 0.5) is 5.69 Å². The van der Waals surface area contributed by atoms with Crippen molar-refractivity contribution in [2.75, 3.05) is 5.73 Å². The number of amides is 2. The van der Waals surface area contributed by atoms with Crippen LogP contribution in [0, 0.1) is 6.92 Å². The number of nitrogens with one attached hydrogen (secondary N) is 1. The summed E-state index contributed by atoms with van der Waals surface area (Å²) in [6.45, 7) is 1.50. The van der Waals surface area contributed by atoms with E-state index in [1.807, 2.05) is 0 Å². The van der Waals surface area contributed by atoms with Gasteiger partial charge in [0.05, 0.1) is 26.6 Å². The summed E-state index contributed by atoms with van der Waals surface area (Å²) in [5, 5.41) is 2.12. The fraction of sp³-hybridized carbons (Fsp3) is 0.286. The molecule has 0 bridgehead atoms. The van der Waals surface area contributed by atoms with Crippen molar-refractivity contribution in [1.82, 2.24) is 14.9 Å². The zero-order valence-corrected chi connectivity index (χ0v) is 13.3. The third kappa shape index (κ3) is 2.49. The number of carbonyl (C=O) groups excluding carboxylic acids is 2. The Bertz CT molecular complexity index is 990. The minimum absolute atomic E-state index is 0.0165. The fourth-order valence-electron chi connectivity index (χ4n) is 2.99. The highest BCUT2D eigenvalue weighted by Crippen LogP contribution is 2.34. The molecule has 7 nitrogen and oxygen atoms in total. The lowest BCUT2D eigenvalue weighted by Crippen LogP contribution is -2.50. The molecule has 1 aromatic carbocycles. The number of aromatic nitrogens is 2. The molecule has 3 N–H and O–H groups in total. The van der Waals surface area contributed by atoms with E-state index in [4.69, 9.17) is 37.1 Å². The molecule has 1 saturated heterocycles. The topological polar surface area (TPSA) is 107 Å². The van der Waals surface area contributed by atoms with Crippen LogP contribution in [0.2, 0.25) is 11.6 Å². The first-order chi connectivity index (χ1) is 11.6. The van der Waals surface area contributed by atoms with Crippen molar-refractivity contribution in [3.63, 3.8) is 0 Å². The molecule has 25 heavy (non-hydrogen) atoms. The summed E-state index contributed by atoms with van der Waals surface area (Å²) < 4.78 is 1.07. The first-order valence-corrected chi connectivity index (χ1v) is 7.37. The Hall–Kier alpha value is -2.44. The Kier molecular flexibility index (Phi) is 4.05. The van der Waals surface area contributed by atoms with E-state index >= 15 is 0 Å². The number of hydrogen-bond donors (Lipinski definition) is 2. The highest BCUT2D eigenvalue weighted by molar-refractivity contribution is 6.52. The van der Waals surface area contributed by atoms with Crippen LogP contribution in [0.25, 0.3) is 10.9 Å². The second-order valence-corrected chi connectivity index (χ2v) is 5.93. The Balaban J connectivity index is 2.33. The number of nitrogens with zero attached hydrogens (tertiary/aromatic N) is 2. The zero-order valence-electron chi connectivity index (χ0n) is 13.3. The van der Waals surface area contributed by atoms with Crippen LogP contribution in [0.1, 0.15) is 11.9 Å². The number of aryl methyl sites for hydroxylation is 1. The van der Waals surface area contributed by atoms with Gasteiger partial charge in [-0.2, -0.15) is 0 Å². The zero-order chi connectivity index (χ0) is 18.6. The number of nitrogens with two attached hydrogens (primary N) is 1. The van der Waals surface area contributed by atoms with Gasteiger partial charge in [-0.3, -0.25) is 24.3 Å². The van der Waals surface area contributed by atoms with Crippen LogP contribution in [0.15, 0.2) is 10.9 Å². The molecule has 2 aromatic rings. The SMILES string of the molecule is [B]c1cc(N)c2c(=O)n(C3C(=O)NC(=O)C([B])C3[B])c(C)nc2c1[B].